The van der Waals surface area contributed by atoms with Crippen LogP contribution < -0.4 is 0 Å². The second-order valence-corrected chi connectivity index (χ2v) is 13.2. The van der Waals surface area contributed by atoms with Crippen LogP contribution in [0, 0.1) is 22.5 Å². The van der Waals surface area contributed by atoms with Gasteiger partial charge in [0.2, 0.25) is 10.0 Å². The summed E-state index contributed by atoms with van der Waals surface area (Å²) in [5.41, 5.74) is -0.0435. The maximum Gasteiger partial charge on any atom is 0.320 e. The Balaban J connectivity index is 0.888. The molecule has 2 spiro atoms. The zero-order chi connectivity index (χ0) is 24.2. The Bertz CT molecular complexity index is 1310. The van der Waals surface area contributed by atoms with E-state index in [0.29, 0.717) is 31.1 Å². The van der Waals surface area contributed by atoms with E-state index in [1.54, 1.807) is 4.90 Å². The number of aromatic nitrogens is 3. The lowest BCUT2D eigenvalue weighted by Crippen LogP contribution is -2.76. The van der Waals surface area contributed by atoms with Gasteiger partial charge >= 0.3 is 6.03 Å². The van der Waals surface area contributed by atoms with Gasteiger partial charge in [-0.25, -0.2) is 31.7 Å². The van der Waals surface area contributed by atoms with Crippen molar-refractivity contribution in [1.82, 2.24) is 28.9 Å². The molecule has 0 N–H and O–H groups in total. The molecule has 3 saturated heterocycles. The van der Waals surface area contributed by atoms with Crippen LogP contribution in [0.25, 0.3) is 0 Å². The summed E-state index contributed by atoms with van der Waals surface area (Å²) in [5.74, 6) is -0.745. The first-order chi connectivity index (χ1) is 16.7. The average molecular weight is 505 g/mol. The summed E-state index contributed by atoms with van der Waals surface area (Å²) in [7, 11) is -3.87. The van der Waals surface area contributed by atoms with Crippen molar-refractivity contribution in [2.45, 2.75) is 42.5 Å². The standard InChI is InChI=1S/C23H26F2N6O3S/c24-18-4-3-17(5-19(18)25)35(33,34)30-12-23(13-30)10-29(11-23)21(32)28-8-22(9-28)6-16(7-22)31-14-26-20(27-31)15-1-2-15/h3-5,14-16H,1-2,6-13H2. The van der Waals surface area contributed by atoms with Crippen molar-refractivity contribution in [3.05, 3.63) is 42.0 Å². The van der Waals surface area contributed by atoms with Gasteiger partial charge in [-0.05, 0) is 43.9 Å². The fourth-order valence-corrected chi connectivity index (χ4v) is 7.91. The predicted octanol–water partition coefficient (Wildman–Crippen LogP) is 2.20. The van der Waals surface area contributed by atoms with Crippen molar-refractivity contribution in [3.8, 4) is 0 Å². The molecule has 5 aliphatic rings. The molecule has 3 aliphatic heterocycles. The fraction of sp³-hybridized carbons (Fsp3) is 0.609. The largest absolute Gasteiger partial charge is 0.323 e. The molecule has 1 aromatic heterocycles. The summed E-state index contributed by atoms with van der Waals surface area (Å²) in [6, 6.07) is 3.00. The van der Waals surface area contributed by atoms with Gasteiger partial charge in [-0.1, -0.05) is 0 Å². The number of carbonyl (C=O) groups is 1. The number of hydrogen-bond donors (Lipinski definition) is 0. The van der Waals surface area contributed by atoms with Gasteiger partial charge in [0.05, 0.1) is 10.9 Å². The molecule has 35 heavy (non-hydrogen) atoms. The number of benzene rings is 1. The van der Waals surface area contributed by atoms with E-state index in [1.165, 1.54) is 17.1 Å². The molecule has 0 atom stereocenters. The molecule has 186 valence electrons. The number of amides is 2. The van der Waals surface area contributed by atoms with E-state index in [1.807, 2.05) is 15.9 Å². The molecule has 4 heterocycles. The van der Waals surface area contributed by atoms with Gasteiger partial charge in [0.15, 0.2) is 17.5 Å². The van der Waals surface area contributed by atoms with Gasteiger partial charge < -0.3 is 9.80 Å². The molecule has 9 nitrogen and oxygen atoms in total. The molecule has 2 aliphatic carbocycles. The van der Waals surface area contributed by atoms with Crippen LogP contribution in [0.4, 0.5) is 13.6 Å². The number of sulfonamides is 1. The van der Waals surface area contributed by atoms with Crippen LogP contribution in [0.1, 0.15) is 43.5 Å². The predicted molar refractivity (Wildman–Crippen MR) is 119 cm³/mol. The van der Waals surface area contributed by atoms with Crippen LogP contribution in [0.15, 0.2) is 29.4 Å². The molecule has 2 aromatic rings. The van der Waals surface area contributed by atoms with E-state index in [4.69, 9.17) is 0 Å². The first-order valence-corrected chi connectivity index (χ1v) is 13.5. The van der Waals surface area contributed by atoms with Crippen molar-refractivity contribution in [1.29, 1.82) is 0 Å². The molecule has 0 unspecified atom stereocenters. The Labute approximate surface area is 201 Å². The van der Waals surface area contributed by atoms with E-state index >= 15 is 0 Å². The highest BCUT2D eigenvalue weighted by Crippen LogP contribution is 2.54. The van der Waals surface area contributed by atoms with Crippen molar-refractivity contribution >= 4 is 16.1 Å². The average Bonchev–Trinajstić information content (AvgIpc) is 3.43. The quantitative estimate of drug-likeness (QED) is 0.637. The molecular formula is C23H26F2N6O3S. The summed E-state index contributed by atoms with van der Waals surface area (Å²) in [6.45, 7) is 3.11. The molecule has 0 bridgehead atoms. The van der Waals surface area contributed by atoms with E-state index in [2.05, 4.69) is 10.1 Å². The number of carbonyl (C=O) groups excluding carboxylic acids is 1. The Kier molecular flexibility index (Phi) is 4.33. The fourth-order valence-electron chi connectivity index (χ4n) is 6.23. The second-order valence-electron chi connectivity index (χ2n) is 11.3. The monoisotopic (exact) mass is 504 g/mol. The highest BCUT2D eigenvalue weighted by molar-refractivity contribution is 7.89. The second kappa shape index (κ2) is 7.00. The summed E-state index contributed by atoms with van der Waals surface area (Å²) in [4.78, 5) is 20.7. The van der Waals surface area contributed by atoms with Crippen LogP contribution in [0.2, 0.25) is 0 Å². The normalized spacial score (nSPS) is 25.2. The highest BCUT2D eigenvalue weighted by Gasteiger charge is 2.60. The van der Waals surface area contributed by atoms with Gasteiger partial charge in [-0.15, -0.1) is 0 Å². The first-order valence-electron chi connectivity index (χ1n) is 12.1. The van der Waals surface area contributed by atoms with Crippen LogP contribution in [-0.2, 0) is 10.0 Å². The summed E-state index contributed by atoms with van der Waals surface area (Å²) in [5, 5.41) is 4.64. The van der Waals surface area contributed by atoms with Gasteiger partial charge in [-0.3, -0.25) is 0 Å². The Morgan fingerprint density at radius 3 is 2.23 bits per heavy atom. The number of halogens is 2. The van der Waals surface area contributed by atoms with Crippen LogP contribution in [-0.4, -0.2) is 82.6 Å². The van der Waals surface area contributed by atoms with Gasteiger partial charge in [0.1, 0.15) is 6.33 Å². The van der Waals surface area contributed by atoms with Crippen molar-refractivity contribution in [2.75, 3.05) is 39.3 Å². The van der Waals surface area contributed by atoms with Crippen molar-refractivity contribution in [2.24, 2.45) is 10.8 Å². The van der Waals surface area contributed by atoms with E-state index in [9.17, 15) is 22.0 Å². The van der Waals surface area contributed by atoms with Crippen molar-refractivity contribution < 1.29 is 22.0 Å². The van der Waals surface area contributed by atoms with E-state index in [-0.39, 0.29) is 34.8 Å². The SMILES string of the molecule is O=C(N1CC2(CC(n3cnc(C4CC4)n3)C2)C1)N1CC2(C1)CN(S(=O)(=O)c1ccc(F)c(F)c1)C2. The summed E-state index contributed by atoms with van der Waals surface area (Å²) >= 11 is 0. The summed E-state index contributed by atoms with van der Waals surface area (Å²) < 4.78 is 55.3. The number of urea groups is 1. The lowest BCUT2D eigenvalue weighted by molar-refractivity contribution is -0.101. The minimum absolute atomic E-state index is 0.0170. The van der Waals surface area contributed by atoms with Crippen LogP contribution >= 0.6 is 0 Å². The third kappa shape index (κ3) is 3.32. The molecule has 5 fully saturated rings. The first kappa shape index (κ1) is 21.7. The van der Waals surface area contributed by atoms with Gasteiger partial charge in [0, 0.05) is 56.0 Å². The maximum atomic E-state index is 13.5. The number of hydrogen-bond acceptors (Lipinski definition) is 5. The third-order valence-electron chi connectivity index (χ3n) is 8.38. The maximum absolute atomic E-state index is 13.5. The minimum atomic E-state index is -3.87. The van der Waals surface area contributed by atoms with Crippen molar-refractivity contribution in [3.63, 3.8) is 0 Å². The minimum Gasteiger partial charge on any atom is -0.323 e. The smallest absolute Gasteiger partial charge is 0.320 e. The molecule has 12 heteroatoms. The lowest BCUT2D eigenvalue weighted by Gasteiger charge is -2.63. The molecule has 2 amide bonds. The Morgan fingerprint density at radius 1 is 0.943 bits per heavy atom. The summed E-state index contributed by atoms with van der Waals surface area (Å²) in [6.07, 6.45) is 6.27. The van der Waals surface area contributed by atoms with Gasteiger partial charge in [-0.2, -0.15) is 9.40 Å². The molecule has 2 saturated carbocycles. The topological polar surface area (TPSA) is 91.6 Å². The molecule has 1 aromatic carbocycles. The van der Waals surface area contributed by atoms with Crippen LogP contribution in [0.3, 0.4) is 0 Å². The lowest BCUT2D eigenvalue weighted by atomic mass is 9.60. The molecular weight excluding hydrogens is 478 g/mol. The number of nitrogens with zero attached hydrogens (tertiary/aromatic N) is 6. The highest BCUT2D eigenvalue weighted by atomic mass is 32.2. The zero-order valence-electron chi connectivity index (χ0n) is 19.1. The molecule has 7 rings (SSSR count). The number of likely N-dealkylation sites (tertiary alicyclic amines) is 2. The van der Waals surface area contributed by atoms with E-state index < -0.39 is 21.7 Å². The third-order valence-corrected chi connectivity index (χ3v) is 10.2. The zero-order valence-corrected chi connectivity index (χ0v) is 19.9. The molecule has 0 radical (unpaired) electrons. The Hall–Kier alpha value is -2.60. The van der Waals surface area contributed by atoms with E-state index in [0.717, 1.165) is 43.9 Å². The Morgan fingerprint density at radius 2 is 1.60 bits per heavy atom. The van der Waals surface area contributed by atoms with Crippen LogP contribution in [0.5, 0.6) is 0 Å². The van der Waals surface area contributed by atoms with Gasteiger partial charge in [0.25, 0.3) is 0 Å². The number of rotatable bonds is 4.